The number of aromatic amines is 1. The number of halogens is 3. The normalized spacial score (nSPS) is 11.8. The molecule has 0 aliphatic heterocycles. The molecule has 2 rings (SSSR count). The summed E-state index contributed by atoms with van der Waals surface area (Å²) in [5, 5.41) is 14.9. The zero-order chi connectivity index (χ0) is 12.5. The van der Waals surface area contributed by atoms with E-state index in [1.54, 1.807) is 0 Å². The number of nitrogens with zero attached hydrogens (tertiary/aromatic N) is 2. The number of H-pyrrole nitrogens is 1. The molecule has 0 fully saturated rings. The Morgan fingerprint density at radius 2 is 2.06 bits per heavy atom. The fraction of sp³-hybridized carbons (Fsp3) is 0.200. The van der Waals surface area contributed by atoms with Gasteiger partial charge in [-0.25, -0.2) is 4.98 Å². The van der Waals surface area contributed by atoms with E-state index in [0.717, 1.165) is 12.1 Å². The minimum atomic E-state index is -4.40. The molecule has 0 aliphatic rings. The van der Waals surface area contributed by atoms with Crippen LogP contribution in [0.4, 0.5) is 13.2 Å². The second-order valence-electron chi connectivity index (χ2n) is 3.34. The molecule has 0 unspecified atom stereocenters. The molecule has 2 N–H and O–H groups in total. The number of nitrogens with one attached hydrogen (secondary N) is 1. The smallest absolute Gasteiger partial charge is 0.388 e. The summed E-state index contributed by atoms with van der Waals surface area (Å²) >= 11 is 0. The minimum Gasteiger partial charge on any atom is -0.388 e. The van der Waals surface area contributed by atoms with E-state index in [1.807, 2.05) is 0 Å². The first-order valence-electron chi connectivity index (χ1n) is 4.70. The highest BCUT2D eigenvalue weighted by Crippen LogP contribution is 2.31. The van der Waals surface area contributed by atoms with Crippen LogP contribution in [0.25, 0.3) is 11.4 Å². The van der Waals surface area contributed by atoms with Gasteiger partial charge in [-0.1, -0.05) is 12.1 Å². The molecule has 7 heteroatoms. The summed E-state index contributed by atoms with van der Waals surface area (Å²) in [6.45, 7) is -0.341. The predicted molar refractivity (Wildman–Crippen MR) is 52.7 cm³/mol. The van der Waals surface area contributed by atoms with Gasteiger partial charge in [0.25, 0.3) is 0 Å². The van der Waals surface area contributed by atoms with Gasteiger partial charge in [-0.3, -0.25) is 5.10 Å². The highest BCUT2D eigenvalue weighted by Gasteiger charge is 2.30. The molecule has 1 heterocycles. The first kappa shape index (κ1) is 11.6. The maximum absolute atomic E-state index is 12.5. The summed E-state index contributed by atoms with van der Waals surface area (Å²) in [5.74, 6) is 0.331. The lowest BCUT2D eigenvalue weighted by atomic mass is 10.1. The molecule has 0 spiro atoms. The molecular formula is C10H8F3N3O. The van der Waals surface area contributed by atoms with Gasteiger partial charge in [0, 0.05) is 5.56 Å². The summed E-state index contributed by atoms with van der Waals surface area (Å²) in [5.41, 5.74) is -0.513. The Kier molecular flexibility index (Phi) is 2.84. The molecule has 17 heavy (non-hydrogen) atoms. The van der Waals surface area contributed by atoms with Crippen molar-refractivity contribution in [2.45, 2.75) is 12.8 Å². The van der Waals surface area contributed by atoms with Crippen LogP contribution in [0.3, 0.4) is 0 Å². The van der Waals surface area contributed by atoms with Crippen molar-refractivity contribution < 1.29 is 18.3 Å². The number of aliphatic hydroxyl groups is 1. The van der Waals surface area contributed by atoms with Gasteiger partial charge in [-0.15, -0.1) is 0 Å². The van der Waals surface area contributed by atoms with Crippen LogP contribution in [0.1, 0.15) is 11.4 Å². The summed E-state index contributed by atoms with van der Waals surface area (Å²) < 4.78 is 37.4. The maximum Gasteiger partial charge on any atom is 0.416 e. The second-order valence-corrected chi connectivity index (χ2v) is 3.34. The van der Waals surface area contributed by atoms with Crippen molar-refractivity contribution >= 4 is 0 Å². The predicted octanol–water partition coefficient (Wildman–Crippen LogP) is 1.98. The topological polar surface area (TPSA) is 61.8 Å². The van der Waals surface area contributed by atoms with E-state index < -0.39 is 11.7 Å². The van der Waals surface area contributed by atoms with Gasteiger partial charge in [-0.2, -0.15) is 18.3 Å². The first-order chi connectivity index (χ1) is 8.00. The lowest BCUT2D eigenvalue weighted by molar-refractivity contribution is -0.137. The van der Waals surface area contributed by atoms with Crippen LogP contribution in [0.2, 0.25) is 0 Å². The van der Waals surface area contributed by atoms with Gasteiger partial charge in [0.05, 0.1) is 5.56 Å². The van der Waals surface area contributed by atoms with Crippen molar-refractivity contribution in [3.8, 4) is 11.4 Å². The summed E-state index contributed by atoms with van der Waals surface area (Å²) in [4.78, 5) is 3.84. The van der Waals surface area contributed by atoms with Crippen LogP contribution in [-0.4, -0.2) is 20.3 Å². The number of aromatic nitrogens is 3. The second kappa shape index (κ2) is 4.17. The Hall–Kier alpha value is -1.89. The van der Waals surface area contributed by atoms with Crippen LogP contribution < -0.4 is 0 Å². The molecule has 1 aromatic heterocycles. The Morgan fingerprint density at radius 1 is 1.29 bits per heavy atom. The fourth-order valence-electron chi connectivity index (χ4n) is 1.33. The van der Waals surface area contributed by atoms with Crippen LogP contribution in [0, 0.1) is 0 Å². The Morgan fingerprint density at radius 3 is 2.65 bits per heavy atom. The largest absolute Gasteiger partial charge is 0.416 e. The van der Waals surface area contributed by atoms with E-state index in [4.69, 9.17) is 5.11 Å². The SMILES string of the molecule is OCc1nc(-c2cccc(C(F)(F)F)c2)n[nH]1. The fourth-order valence-corrected chi connectivity index (χ4v) is 1.33. The quantitative estimate of drug-likeness (QED) is 0.847. The van der Waals surface area contributed by atoms with Crippen molar-refractivity contribution in [1.82, 2.24) is 15.2 Å². The van der Waals surface area contributed by atoms with Gasteiger partial charge in [0.15, 0.2) is 11.6 Å². The first-order valence-corrected chi connectivity index (χ1v) is 4.70. The zero-order valence-electron chi connectivity index (χ0n) is 8.49. The van der Waals surface area contributed by atoms with Crippen molar-refractivity contribution in [1.29, 1.82) is 0 Å². The molecule has 0 saturated carbocycles. The van der Waals surface area contributed by atoms with Gasteiger partial charge in [-0.05, 0) is 12.1 Å². The van der Waals surface area contributed by atoms with E-state index in [9.17, 15) is 13.2 Å². The number of benzene rings is 1. The van der Waals surface area contributed by atoms with E-state index in [1.165, 1.54) is 12.1 Å². The number of alkyl halides is 3. The third-order valence-corrected chi connectivity index (χ3v) is 2.13. The Bertz CT molecular complexity index is 522. The molecule has 0 saturated heterocycles. The lowest BCUT2D eigenvalue weighted by Gasteiger charge is -2.06. The van der Waals surface area contributed by atoms with Crippen molar-refractivity contribution in [2.24, 2.45) is 0 Å². The Balaban J connectivity index is 2.39. The van der Waals surface area contributed by atoms with Gasteiger partial charge >= 0.3 is 6.18 Å². The molecule has 0 amide bonds. The van der Waals surface area contributed by atoms with E-state index >= 15 is 0 Å². The number of hydrogen-bond donors (Lipinski definition) is 2. The third-order valence-electron chi connectivity index (χ3n) is 2.13. The van der Waals surface area contributed by atoms with Crippen LogP contribution in [0.5, 0.6) is 0 Å². The van der Waals surface area contributed by atoms with Gasteiger partial charge in [0.1, 0.15) is 6.61 Å². The lowest BCUT2D eigenvalue weighted by Crippen LogP contribution is -2.04. The molecular weight excluding hydrogens is 235 g/mol. The molecule has 4 nitrogen and oxygen atoms in total. The molecule has 1 aromatic carbocycles. The highest BCUT2D eigenvalue weighted by molar-refractivity contribution is 5.56. The molecule has 0 radical (unpaired) electrons. The van der Waals surface area contributed by atoms with Crippen LogP contribution in [0.15, 0.2) is 24.3 Å². The van der Waals surface area contributed by atoms with Crippen molar-refractivity contribution in [2.75, 3.05) is 0 Å². The molecule has 2 aromatic rings. The maximum atomic E-state index is 12.5. The average Bonchev–Trinajstić information content (AvgIpc) is 2.76. The summed E-state index contributed by atoms with van der Waals surface area (Å²) in [6, 6.07) is 4.69. The zero-order valence-corrected chi connectivity index (χ0v) is 8.49. The summed E-state index contributed by atoms with van der Waals surface area (Å²) in [7, 11) is 0. The van der Waals surface area contributed by atoms with Gasteiger partial charge < -0.3 is 5.11 Å². The summed E-state index contributed by atoms with van der Waals surface area (Å²) in [6.07, 6.45) is -4.40. The van der Waals surface area contributed by atoms with Crippen LogP contribution in [-0.2, 0) is 12.8 Å². The monoisotopic (exact) mass is 243 g/mol. The van der Waals surface area contributed by atoms with Crippen molar-refractivity contribution in [3.05, 3.63) is 35.7 Å². The highest BCUT2D eigenvalue weighted by atomic mass is 19.4. The van der Waals surface area contributed by atoms with E-state index in [0.29, 0.717) is 0 Å². The average molecular weight is 243 g/mol. The number of rotatable bonds is 2. The molecule has 90 valence electrons. The Labute approximate surface area is 94.1 Å². The number of hydrogen-bond acceptors (Lipinski definition) is 3. The molecule has 0 bridgehead atoms. The number of aliphatic hydroxyl groups excluding tert-OH is 1. The van der Waals surface area contributed by atoms with Gasteiger partial charge in [0.2, 0.25) is 0 Å². The molecule has 0 atom stereocenters. The standard InChI is InChI=1S/C10H8F3N3O/c11-10(12,13)7-3-1-2-6(4-7)9-14-8(5-17)15-16-9/h1-4,17H,5H2,(H,14,15,16). The van der Waals surface area contributed by atoms with Crippen molar-refractivity contribution in [3.63, 3.8) is 0 Å². The minimum absolute atomic E-state index is 0.125. The third kappa shape index (κ3) is 2.44. The molecule has 0 aliphatic carbocycles. The van der Waals surface area contributed by atoms with Crippen LogP contribution >= 0.6 is 0 Å². The van der Waals surface area contributed by atoms with E-state index in [-0.39, 0.29) is 23.8 Å². The van der Waals surface area contributed by atoms with E-state index in [2.05, 4.69) is 15.2 Å².